The Hall–Kier alpha value is -3.35. The van der Waals surface area contributed by atoms with Crippen molar-refractivity contribution < 1.29 is 4.39 Å². The van der Waals surface area contributed by atoms with E-state index in [0.29, 0.717) is 28.9 Å². The van der Waals surface area contributed by atoms with Crippen LogP contribution in [0.2, 0.25) is 0 Å². The lowest BCUT2D eigenvalue weighted by atomic mass is 10.0. The number of nitrogens with zero attached hydrogens (tertiary/aromatic N) is 4. The Labute approximate surface area is 142 Å². The van der Waals surface area contributed by atoms with E-state index in [-0.39, 0.29) is 5.95 Å². The summed E-state index contributed by atoms with van der Waals surface area (Å²) in [5, 5.41) is 13.7. The Morgan fingerprint density at radius 2 is 2.00 bits per heavy atom. The van der Waals surface area contributed by atoms with E-state index < -0.39 is 5.82 Å². The number of hydroxylamine groups is 1. The van der Waals surface area contributed by atoms with E-state index in [4.69, 9.17) is 5.73 Å². The van der Waals surface area contributed by atoms with E-state index in [2.05, 4.69) is 15.0 Å². The van der Waals surface area contributed by atoms with Crippen LogP contribution in [-0.4, -0.2) is 15.0 Å². The lowest BCUT2D eigenvalue weighted by Gasteiger charge is -2.15. The van der Waals surface area contributed by atoms with Gasteiger partial charge < -0.3 is 10.9 Å². The fourth-order valence-corrected chi connectivity index (χ4v) is 2.89. The smallest absolute Gasteiger partial charge is 0.230 e. The van der Waals surface area contributed by atoms with Crippen molar-refractivity contribution in [2.75, 3.05) is 5.73 Å². The summed E-state index contributed by atoms with van der Waals surface area (Å²) < 4.78 is 13.9. The molecule has 2 N–H and O–H groups in total. The van der Waals surface area contributed by atoms with Crippen LogP contribution < -0.4 is 21.0 Å². The number of aryl methyl sites for hydroxylation is 1. The fourth-order valence-electron chi connectivity index (χ4n) is 2.89. The second-order valence-electron chi connectivity index (χ2n) is 5.87. The summed E-state index contributed by atoms with van der Waals surface area (Å²) in [4.78, 5) is 12.3. The number of aromatic nitrogens is 3. The molecule has 6 nitrogen and oxygen atoms in total. The highest BCUT2D eigenvalue weighted by molar-refractivity contribution is 5.64. The number of rotatable bonds is 3. The molecular formula is C18H14FN5O. The highest BCUT2D eigenvalue weighted by Gasteiger charge is 2.23. The van der Waals surface area contributed by atoms with Gasteiger partial charge in [0.05, 0.1) is 24.0 Å². The topological polar surface area (TPSA) is 90.8 Å². The third-order valence-electron chi connectivity index (χ3n) is 4.08. The van der Waals surface area contributed by atoms with Crippen LogP contribution in [0.5, 0.6) is 0 Å². The van der Waals surface area contributed by atoms with Crippen LogP contribution in [0.25, 0.3) is 17.0 Å². The quantitative estimate of drug-likeness (QED) is 0.568. The van der Waals surface area contributed by atoms with Gasteiger partial charge in [-0.05, 0) is 37.3 Å². The molecule has 1 aliphatic heterocycles. The monoisotopic (exact) mass is 335 g/mol. The van der Waals surface area contributed by atoms with Gasteiger partial charge in [0.15, 0.2) is 0 Å². The molecule has 0 bridgehead atoms. The molecule has 0 spiro atoms. The zero-order valence-corrected chi connectivity index (χ0v) is 13.4. The van der Waals surface area contributed by atoms with Crippen LogP contribution in [-0.2, 0) is 6.42 Å². The van der Waals surface area contributed by atoms with Gasteiger partial charge in [0, 0.05) is 17.3 Å². The second kappa shape index (κ2) is 5.62. The van der Waals surface area contributed by atoms with Crippen molar-refractivity contribution in [2.24, 2.45) is 0 Å². The van der Waals surface area contributed by atoms with Crippen molar-refractivity contribution in [3.8, 4) is 11.3 Å². The molecule has 2 aromatic heterocycles. The van der Waals surface area contributed by atoms with E-state index in [1.807, 2.05) is 25.1 Å². The molecule has 4 rings (SSSR count). The van der Waals surface area contributed by atoms with Crippen LogP contribution in [0, 0.1) is 17.9 Å². The first-order chi connectivity index (χ1) is 12.0. The van der Waals surface area contributed by atoms with Crippen molar-refractivity contribution >= 4 is 11.6 Å². The standard InChI is InChI=1S/C18H14FN5O/c1-10-6-15(23-18(20)22-10)11-2-5-16-14(7-11)17(24(16)25)8-13-4-3-12(19)9-21-13/h2-7,9H,8H2,1H3,(H2,20,22,23). The molecule has 0 saturated carbocycles. The van der Waals surface area contributed by atoms with E-state index in [0.717, 1.165) is 27.4 Å². The second-order valence-corrected chi connectivity index (χ2v) is 5.87. The van der Waals surface area contributed by atoms with Crippen molar-refractivity contribution in [1.82, 2.24) is 19.7 Å². The maximum Gasteiger partial charge on any atom is 0.230 e. The molecule has 0 radical (unpaired) electrons. The minimum absolute atomic E-state index is 0.211. The van der Waals surface area contributed by atoms with E-state index in [1.165, 1.54) is 6.07 Å². The molecule has 3 heterocycles. The lowest BCUT2D eigenvalue weighted by molar-refractivity contribution is 0.619. The first kappa shape index (κ1) is 15.2. The number of hydrogen-bond acceptors (Lipinski definition) is 5. The Kier molecular flexibility index (Phi) is 3.42. The summed E-state index contributed by atoms with van der Waals surface area (Å²) >= 11 is 0. The number of hydrogen-bond donors (Lipinski definition) is 1. The van der Waals surface area contributed by atoms with Crippen molar-refractivity contribution in [3.63, 3.8) is 0 Å². The number of halogens is 1. The van der Waals surface area contributed by atoms with Crippen LogP contribution in [0.3, 0.4) is 0 Å². The third kappa shape index (κ3) is 2.69. The summed E-state index contributed by atoms with van der Waals surface area (Å²) in [5.74, 6) is -0.191. The molecule has 1 aliphatic rings. The summed E-state index contributed by atoms with van der Waals surface area (Å²) in [5.41, 5.74) is 9.28. The molecule has 3 aromatic rings. The Morgan fingerprint density at radius 1 is 1.16 bits per heavy atom. The highest BCUT2D eigenvalue weighted by Crippen LogP contribution is 2.17. The van der Waals surface area contributed by atoms with Gasteiger partial charge in [0.1, 0.15) is 11.0 Å². The minimum Gasteiger partial charge on any atom is -0.618 e. The number of pyridine rings is 1. The van der Waals surface area contributed by atoms with Crippen molar-refractivity contribution in [3.05, 3.63) is 75.6 Å². The maximum atomic E-state index is 13.0. The zero-order valence-electron chi connectivity index (χ0n) is 13.4. The van der Waals surface area contributed by atoms with Crippen molar-refractivity contribution in [2.45, 2.75) is 13.3 Å². The van der Waals surface area contributed by atoms with Gasteiger partial charge >= 0.3 is 0 Å². The van der Waals surface area contributed by atoms with E-state index in [1.54, 1.807) is 12.1 Å². The largest absolute Gasteiger partial charge is 0.618 e. The summed E-state index contributed by atoms with van der Waals surface area (Å²) in [6.07, 6.45) is 1.48. The van der Waals surface area contributed by atoms with Crippen LogP contribution in [0.15, 0.2) is 42.6 Å². The number of benzene rings is 1. The van der Waals surface area contributed by atoms with Crippen LogP contribution in [0.4, 0.5) is 10.3 Å². The molecule has 0 fully saturated rings. The molecule has 7 heteroatoms. The van der Waals surface area contributed by atoms with Gasteiger partial charge in [-0.2, -0.15) is 4.74 Å². The Bertz CT molecular complexity index is 1090. The molecule has 1 aromatic carbocycles. The number of nitrogens with two attached hydrogens (primary N) is 1. The molecule has 124 valence electrons. The van der Waals surface area contributed by atoms with Gasteiger partial charge in [-0.3, -0.25) is 4.98 Å². The van der Waals surface area contributed by atoms with Gasteiger partial charge in [-0.25, -0.2) is 14.4 Å². The molecule has 0 saturated heterocycles. The predicted octanol–water partition coefficient (Wildman–Crippen LogP) is 0.922. The molecule has 0 amide bonds. The lowest BCUT2D eigenvalue weighted by Crippen LogP contribution is -2.49. The number of anilines is 1. The van der Waals surface area contributed by atoms with Crippen LogP contribution in [0.1, 0.15) is 11.4 Å². The van der Waals surface area contributed by atoms with Gasteiger partial charge in [0.2, 0.25) is 17.0 Å². The Morgan fingerprint density at radius 3 is 2.72 bits per heavy atom. The molecule has 0 unspecified atom stereocenters. The Balaban J connectivity index is 1.77. The van der Waals surface area contributed by atoms with Gasteiger partial charge in [-0.15, -0.1) is 0 Å². The molecular weight excluding hydrogens is 321 g/mol. The summed E-state index contributed by atoms with van der Waals surface area (Å²) in [6, 6.07) is 10.2. The van der Waals surface area contributed by atoms with E-state index in [9.17, 15) is 9.60 Å². The fraction of sp³-hybridized carbons (Fsp3) is 0.111. The first-order valence-corrected chi connectivity index (χ1v) is 7.71. The van der Waals surface area contributed by atoms with Gasteiger partial charge in [-0.1, -0.05) is 0 Å². The minimum atomic E-state index is -0.402. The summed E-state index contributed by atoms with van der Waals surface area (Å²) in [7, 11) is 0. The SMILES string of the molecule is Cc1cc(-c2ccc3c(c2)=C(Cc2ccc(F)cn2)[N+]=3[O-])nc(N)n1. The highest BCUT2D eigenvalue weighted by atomic mass is 19.1. The molecule has 25 heavy (non-hydrogen) atoms. The van der Waals surface area contributed by atoms with E-state index >= 15 is 0 Å². The first-order valence-electron chi connectivity index (χ1n) is 7.71. The van der Waals surface area contributed by atoms with Crippen LogP contribution >= 0.6 is 0 Å². The molecule has 0 aliphatic carbocycles. The summed E-state index contributed by atoms with van der Waals surface area (Å²) in [6.45, 7) is 1.85. The number of nitrogen functional groups attached to an aromatic ring is 1. The number of fused-ring (bicyclic) bond motifs is 1. The average Bonchev–Trinajstić information content (AvgIpc) is 2.59. The normalized spacial score (nSPS) is 12.7. The maximum absolute atomic E-state index is 13.0. The molecule has 0 atom stereocenters. The van der Waals surface area contributed by atoms with Crippen molar-refractivity contribution in [1.29, 1.82) is 0 Å². The third-order valence-corrected chi connectivity index (χ3v) is 4.08. The van der Waals surface area contributed by atoms with Gasteiger partial charge in [0.25, 0.3) is 0 Å². The average molecular weight is 335 g/mol. The predicted molar refractivity (Wildman–Crippen MR) is 91.8 cm³/mol. The zero-order chi connectivity index (χ0) is 17.6.